The molecular formula is C22H23F2N3. The highest BCUT2D eigenvalue weighted by Crippen LogP contribution is 2.36. The Kier molecular flexibility index (Phi) is 5.72. The first-order valence-corrected chi connectivity index (χ1v) is 8.86. The van der Waals surface area contributed by atoms with Crippen molar-refractivity contribution in [2.75, 3.05) is 12.4 Å². The van der Waals surface area contributed by atoms with Gasteiger partial charge < -0.3 is 15.6 Å². The van der Waals surface area contributed by atoms with Gasteiger partial charge in [0.25, 0.3) is 0 Å². The summed E-state index contributed by atoms with van der Waals surface area (Å²) in [6.45, 7) is 4.74. The maximum atomic E-state index is 14.1. The van der Waals surface area contributed by atoms with Gasteiger partial charge >= 0.3 is 0 Å². The summed E-state index contributed by atoms with van der Waals surface area (Å²) in [5.41, 5.74) is 11.1. The van der Waals surface area contributed by atoms with E-state index in [0.29, 0.717) is 25.1 Å². The zero-order valence-electron chi connectivity index (χ0n) is 15.3. The molecule has 0 spiro atoms. The summed E-state index contributed by atoms with van der Waals surface area (Å²) in [5, 5.41) is 3.21. The monoisotopic (exact) mass is 367 g/mol. The van der Waals surface area contributed by atoms with Crippen LogP contribution >= 0.6 is 0 Å². The number of rotatable bonds is 7. The number of nitrogens with two attached hydrogens (primary N) is 1. The summed E-state index contributed by atoms with van der Waals surface area (Å²) in [7, 11) is 1.84. The van der Waals surface area contributed by atoms with Gasteiger partial charge in [-0.25, -0.2) is 8.78 Å². The minimum absolute atomic E-state index is 0.315. The second-order valence-corrected chi connectivity index (χ2v) is 6.22. The van der Waals surface area contributed by atoms with E-state index >= 15 is 0 Å². The third-order valence-electron chi connectivity index (χ3n) is 4.74. The van der Waals surface area contributed by atoms with Crippen LogP contribution in [-0.2, 0) is 19.5 Å². The molecule has 5 heteroatoms. The SMILES string of the molecule is C=Cc1c(NC)c(CN)n(CCc2cccc(F)c2F)c1-c1ccccc1. The fraction of sp³-hybridized carbons (Fsp3) is 0.182. The van der Waals surface area contributed by atoms with Crippen LogP contribution in [0.1, 0.15) is 16.8 Å². The summed E-state index contributed by atoms with van der Waals surface area (Å²) >= 11 is 0. The lowest BCUT2D eigenvalue weighted by atomic mass is 10.1. The Bertz CT molecular complexity index is 946. The quantitative estimate of drug-likeness (QED) is 0.629. The van der Waals surface area contributed by atoms with E-state index in [0.717, 1.165) is 34.3 Å². The van der Waals surface area contributed by atoms with Crippen molar-refractivity contribution in [2.24, 2.45) is 5.73 Å². The van der Waals surface area contributed by atoms with Crippen molar-refractivity contribution < 1.29 is 8.78 Å². The molecule has 0 aliphatic carbocycles. The maximum Gasteiger partial charge on any atom is 0.162 e. The summed E-state index contributed by atoms with van der Waals surface area (Å²) in [4.78, 5) is 0. The summed E-state index contributed by atoms with van der Waals surface area (Å²) in [6, 6.07) is 14.2. The third kappa shape index (κ3) is 3.51. The molecule has 0 aliphatic heterocycles. The van der Waals surface area contributed by atoms with E-state index in [1.807, 2.05) is 37.4 Å². The molecule has 3 nitrogen and oxygen atoms in total. The third-order valence-corrected chi connectivity index (χ3v) is 4.74. The van der Waals surface area contributed by atoms with Crippen molar-refractivity contribution in [1.29, 1.82) is 0 Å². The van der Waals surface area contributed by atoms with E-state index in [2.05, 4.69) is 16.5 Å². The van der Waals surface area contributed by atoms with Gasteiger partial charge in [-0.1, -0.05) is 55.1 Å². The molecule has 0 bridgehead atoms. The van der Waals surface area contributed by atoms with Crippen LogP contribution in [0.4, 0.5) is 14.5 Å². The van der Waals surface area contributed by atoms with Gasteiger partial charge in [0.15, 0.2) is 11.6 Å². The zero-order valence-corrected chi connectivity index (χ0v) is 15.3. The number of aromatic nitrogens is 1. The van der Waals surface area contributed by atoms with Crippen molar-refractivity contribution in [3.63, 3.8) is 0 Å². The Labute approximate surface area is 158 Å². The Morgan fingerprint density at radius 2 is 1.85 bits per heavy atom. The van der Waals surface area contributed by atoms with Crippen molar-refractivity contribution in [1.82, 2.24) is 4.57 Å². The van der Waals surface area contributed by atoms with Gasteiger partial charge in [0.1, 0.15) is 0 Å². The van der Waals surface area contributed by atoms with Gasteiger partial charge in [-0.2, -0.15) is 0 Å². The molecule has 0 amide bonds. The first-order valence-electron chi connectivity index (χ1n) is 8.86. The van der Waals surface area contributed by atoms with E-state index in [4.69, 9.17) is 5.73 Å². The van der Waals surface area contributed by atoms with E-state index in [-0.39, 0.29) is 0 Å². The predicted octanol–water partition coefficient (Wildman–Crippen LogP) is 4.82. The molecule has 2 aromatic carbocycles. The molecule has 0 atom stereocenters. The smallest absolute Gasteiger partial charge is 0.162 e. The Hall–Kier alpha value is -2.92. The topological polar surface area (TPSA) is 43.0 Å². The van der Waals surface area contributed by atoms with E-state index in [1.54, 1.807) is 12.1 Å². The highest BCUT2D eigenvalue weighted by molar-refractivity contribution is 5.83. The number of nitrogens with one attached hydrogen (secondary N) is 1. The molecular weight excluding hydrogens is 344 g/mol. The summed E-state index contributed by atoms with van der Waals surface area (Å²) in [6.07, 6.45) is 2.15. The summed E-state index contributed by atoms with van der Waals surface area (Å²) in [5.74, 6) is -1.62. The van der Waals surface area contributed by atoms with Gasteiger partial charge in [0.05, 0.1) is 17.1 Å². The van der Waals surface area contributed by atoms with Gasteiger partial charge in [0, 0.05) is 25.7 Å². The van der Waals surface area contributed by atoms with Crippen molar-refractivity contribution >= 4 is 11.8 Å². The highest BCUT2D eigenvalue weighted by Gasteiger charge is 2.21. The van der Waals surface area contributed by atoms with Crippen LogP contribution in [0, 0.1) is 11.6 Å². The molecule has 0 unspecified atom stereocenters. The number of halogens is 2. The van der Waals surface area contributed by atoms with E-state index < -0.39 is 11.6 Å². The van der Waals surface area contributed by atoms with Crippen molar-refractivity contribution in [3.05, 3.63) is 83.6 Å². The lowest BCUT2D eigenvalue weighted by molar-refractivity contribution is 0.494. The normalized spacial score (nSPS) is 10.8. The van der Waals surface area contributed by atoms with Crippen LogP contribution in [0.2, 0.25) is 0 Å². The minimum atomic E-state index is -0.829. The molecule has 0 radical (unpaired) electrons. The molecule has 140 valence electrons. The lowest BCUT2D eigenvalue weighted by Gasteiger charge is -2.14. The Morgan fingerprint density at radius 3 is 2.48 bits per heavy atom. The van der Waals surface area contributed by atoms with Crippen LogP contribution < -0.4 is 11.1 Å². The van der Waals surface area contributed by atoms with Crippen LogP contribution in [0.5, 0.6) is 0 Å². The maximum absolute atomic E-state index is 14.1. The lowest BCUT2D eigenvalue weighted by Crippen LogP contribution is -2.12. The first kappa shape index (κ1) is 18.9. The second-order valence-electron chi connectivity index (χ2n) is 6.22. The first-order chi connectivity index (χ1) is 13.1. The second kappa shape index (κ2) is 8.18. The van der Waals surface area contributed by atoms with Crippen LogP contribution in [0.25, 0.3) is 17.3 Å². The summed E-state index contributed by atoms with van der Waals surface area (Å²) < 4.78 is 29.7. The number of hydrogen-bond donors (Lipinski definition) is 2. The van der Waals surface area contributed by atoms with Gasteiger partial charge in [-0.05, 0) is 23.6 Å². The fourth-order valence-corrected chi connectivity index (χ4v) is 3.51. The van der Waals surface area contributed by atoms with Gasteiger partial charge in [-0.3, -0.25) is 0 Å². The van der Waals surface area contributed by atoms with Crippen molar-refractivity contribution in [2.45, 2.75) is 19.5 Å². The Morgan fingerprint density at radius 1 is 1.11 bits per heavy atom. The molecule has 3 aromatic rings. The molecule has 1 aromatic heterocycles. The number of aryl methyl sites for hydroxylation is 1. The number of nitrogens with zero attached hydrogens (tertiary/aromatic N) is 1. The zero-order chi connectivity index (χ0) is 19.4. The molecule has 0 aliphatic rings. The van der Waals surface area contributed by atoms with Gasteiger partial charge in [0.2, 0.25) is 0 Å². The minimum Gasteiger partial charge on any atom is -0.386 e. The van der Waals surface area contributed by atoms with Crippen LogP contribution in [0.3, 0.4) is 0 Å². The predicted molar refractivity (Wildman–Crippen MR) is 107 cm³/mol. The largest absolute Gasteiger partial charge is 0.386 e. The van der Waals surface area contributed by atoms with Crippen LogP contribution in [-0.4, -0.2) is 11.6 Å². The molecule has 0 saturated carbocycles. The number of hydrogen-bond acceptors (Lipinski definition) is 2. The molecule has 1 heterocycles. The molecule has 3 N–H and O–H groups in total. The Balaban J connectivity index is 2.11. The molecule has 27 heavy (non-hydrogen) atoms. The van der Waals surface area contributed by atoms with E-state index in [9.17, 15) is 8.78 Å². The fourth-order valence-electron chi connectivity index (χ4n) is 3.51. The van der Waals surface area contributed by atoms with Crippen LogP contribution in [0.15, 0.2) is 55.1 Å². The van der Waals surface area contributed by atoms with E-state index in [1.165, 1.54) is 6.07 Å². The molecule has 3 rings (SSSR count). The van der Waals surface area contributed by atoms with Crippen molar-refractivity contribution in [3.8, 4) is 11.3 Å². The average Bonchev–Trinajstić information content (AvgIpc) is 3.02. The highest BCUT2D eigenvalue weighted by atomic mass is 19.2. The average molecular weight is 367 g/mol. The standard InChI is InChI=1S/C22H23F2N3/c1-3-17-21(26-2)19(14-25)27(22(17)16-8-5-4-6-9-16)13-12-15-10-7-11-18(23)20(15)24/h3-11,26H,1,12-14,25H2,2H3. The molecule has 0 fully saturated rings. The number of anilines is 1. The molecule has 0 saturated heterocycles. The number of benzene rings is 2. The van der Waals surface area contributed by atoms with Gasteiger partial charge in [-0.15, -0.1) is 0 Å².